The molecule has 1 heterocycles. The van der Waals surface area contributed by atoms with Crippen LogP contribution in [0.25, 0.3) is 6.08 Å². The van der Waals surface area contributed by atoms with Gasteiger partial charge in [-0.3, -0.25) is 4.79 Å². The lowest BCUT2D eigenvalue weighted by Crippen LogP contribution is -2.27. The van der Waals surface area contributed by atoms with E-state index in [1.54, 1.807) is 29.2 Å². The van der Waals surface area contributed by atoms with Gasteiger partial charge in [0.05, 0.1) is 6.10 Å². The highest BCUT2D eigenvalue weighted by Gasteiger charge is 2.22. The van der Waals surface area contributed by atoms with Crippen LogP contribution in [0.2, 0.25) is 0 Å². The molecule has 1 aliphatic heterocycles. The fourth-order valence-corrected chi connectivity index (χ4v) is 1.95. The summed E-state index contributed by atoms with van der Waals surface area (Å²) in [5.74, 6) is -0.117. The second-order valence-corrected chi connectivity index (χ2v) is 4.45. The molecule has 1 aliphatic rings. The van der Waals surface area contributed by atoms with Crippen LogP contribution in [0.5, 0.6) is 0 Å². The Hall–Kier alpha value is -2.01. The molecule has 0 aliphatic carbocycles. The van der Waals surface area contributed by atoms with Crippen molar-refractivity contribution < 1.29 is 9.90 Å². The number of nitrogen functional groups attached to an aromatic ring is 2. The minimum absolute atomic E-state index is 0.117. The van der Waals surface area contributed by atoms with Gasteiger partial charge in [-0.15, -0.1) is 0 Å². The summed E-state index contributed by atoms with van der Waals surface area (Å²) in [7, 11) is 0. The van der Waals surface area contributed by atoms with Crippen molar-refractivity contribution in [2.24, 2.45) is 0 Å². The zero-order valence-electron chi connectivity index (χ0n) is 10.0. The molecule has 0 bridgehead atoms. The third-order valence-corrected chi connectivity index (χ3v) is 2.99. The van der Waals surface area contributed by atoms with Crippen molar-refractivity contribution in [1.29, 1.82) is 0 Å². The van der Waals surface area contributed by atoms with E-state index in [9.17, 15) is 9.90 Å². The molecule has 18 heavy (non-hydrogen) atoms. The summed E-state index contributed by atoms with van der Waals surface area (Å²) >= 11 is 0. The van der Waals surface area contributed by atoms with Gasteiger partial charge in [-0.25, -0.2) is 0 Å². The second-order valence-electron chi connectivity index (χ2n) is 4.45. The van der Waals surface area contributed by atoms with Gasteiger partial charge in [0, 0.05) is 30.5 Å². The number of amides is 1. The summed E-state index contributed by atoms with van der Waals surface area (Å²) < 4.78 is 0. The molecule has 1 atom stereocenters. The highest BCUT2D eigenvalue weighted by atomic mass is 16.3. The molecule has 1 fully saturated rings. The van der Waals surface area contributed by atoms with Gasteiger partial charge < -0.3 is 21.5 Å². The maximum Gasteiger partial charge on any atom is 0.246 e. The van der Waals surface area contributed by atoms with Crippen molar-refractivity contribution in [1.82, 2.24) is 4.90 Å². The smallest absolute Gasteiger partial charge is 0.246 e. The van der Waals surface area contributed by atoms with Crippen LogP contribution in [0.1, 0.15) is 12.0 Å². The number of hydrogen-bond acceptors (Lipinski definition) is 4. The molecule has 1 saturated heterocycles. The fraction of sp³-hybridized carbons (Fsp3) is 0.308. The zero-order valence-corrected chi connectivity index (χ0v) is 10.0. The Morgan fingerprint density at radius 1 is 1.44 bits per heavy atom. The van der Waals surface area contributed by atoms with Crippen molar-refractivity contribution in [2.45, 2.75) is 12.5 Å². The van der Waals surface area contributed by atoms with Crippen molar-refractivity contribution >= 4 is 23.4 Å². The maximum atomic E-state index is 11.8. The van der Waals surface area contributed by atoms with E-state index >= 15 is 0 Å². The van der Waals surface area contributed by atoms with Crippen LogP contribution < -0.4 is 11.5 Å². The first kappa shape index (κ1) is 12.4. The molecule has 0 saturated carbocycles. The summed E-state index contributed by atoms with van der Waals surface area (Å²) in [6, 6.07) is 5.14. The highest BCUT2D eigenvalue weighted by molar-refractivity contribution is 5.93. The van der Waals surface area contributed by atoms with Crippen molar-refractivity contribution in [2.75, 3.05) is 24.6 Å². The SMILES string of the molecule is Nc1ccc(N)c(C=CC(=O)N2CCC(O)C2)c1. The Morgan fingerprint density at radius 2 is 2.22 bits per heavy atom. The Balaban J connectivity index is 2.06. The van der Waals surface area contributed by atoms with E-state index in [2.05, 4.69) is 0 Å². The normalized spacial score (nSPS) is 19.6. The number of aliphatic hydroxyl groups is 1. The maximum absolute atomic E-state index is 11.8. The number of aliphatic hydroxyl groups excluding tert-OH is 1. The van der Waals surface area contributed by atoms with E-state index in [-0.39, 0.29) is 5.91 Å². The number of rotatable bonds is 2. The minimum atomic E-state index is -0.403. The molecular formula is C13H17N3O2. The molecule has 0 radical (unpaired) electrons. The molecule has 0 aromatic heterocycles. The lowest BCUT2D eigenvalue weighted by Gasteiger charge is -2.12. The first-order valence-corrected chi connectivity index (χ1v) is 5.86. The monoisotopic (exact) mass is 247 g/mol. The van der Waals surface area contributed by atoms with Gasteiger partial charge in [0.15, 0.2) is 0 Å². The van der Waals surface area contributed by atoms with E-state index in [1.807, 2.05) is 0 Å². The van der Waals surface area contributed by atoms with Crippen LogP contribution in [0, 0.1) is 0 Å². The number of nitrogens with two attached hydrogens (primary N) is 2. The number of carbonyl (C=O) groups is 1. The number of benzene rings is 1. The standard InChI is InChI=1S/C13H17N3O2/c14-10-2-3-12(15)9(7-10)1-4-13(18)16-6-5-11(17)8-16/h1-4,7,11,17H,5-6,8,14-15H2. The number of nitrogens with zero attached hydrogens (tertiary/aromatic N) is 1. The van der Waals surface area contributed by atoms with Crippen molar-refractivity contribution in [3.63, 3.8) is 0 Å². The summed E-state index contributed by atoms with van der Waals surface area (Å²) in [4.78, 5) is 13.4. The lowest BCUT2D eigenvalue weighted by atomic mass is 10.1. The van der Waals surface area contributed by atoms with Crippen LogP contribution in [0.3, 0.4) is 0 Å². The topological polar surface area (TPSA) is 92.6 Å². The Labute approximate surface area is 106 Å². The average molecular weight is 247 g/mol. The molecule has 5 N–H and O–H groups in total. The molecule has 5 nitrogen and oxygen atoms in total. The van der Waals surface area contributed by atoms with Crippen LogP contribution in [-0.2, 0) is 4.79 Å². The number of carbonyl (C=O) groups excluding carboxylic acids is 1. The minimum Gasteiger partial charge on any atom is -0.399 e. The molecule has 1 unspecified atom stereocenters. The van der Waals surface area contributed by atoms with E-state index in [1.165, 1.54) is 6.08 Å². The Bertz CT molecular complexity index is 485. The largest absolute Gasteiger partial charge is 0.399 e. The predicted octanol–water partition coefficient (Wildman–Crippen LogP) is 0.457. The number of β-amino-alcohol motifs (C(OH)–C–C–N with tert-alkyl or cyclic N) is 1. The first-order valence-electron chi connectivity index (χ1n) is 5.86. The van der Waals surface area contributed by atoms with Gasteiger partial charge in [-0.2, -0.15) is 0 Å². The van der Waals surface area contributed by atoms with E-state index in [4.69, 9.17) is 11.5 Å². The zero-order chi connectivity index (χ0) is 13.1. The number of anilines is 2. The van der Waals surface area contributed by atoms with Crippen LogP contribution in [-0.4, -0.2) is 35.1 Å². The fourth-order valence-electron chi connectivity index (χ4n) is 1.95. The lowest BCUT2D eigenvalue weighted by molar-refractivity contribution is -0.125. The first-order chi connectivity index (χ1) is 8.56. The number of likely N-dealkylation sites (tertiary alicyclic amines) is 1. The predicted molar refractivity (Wildman–Crippen MR) is 71.5 cm³/mol. The molecule has 1 aromatic rings. The quantitative estimate of drug-likeness (QED) is 0.523. The van der Waals surface area contributed by atoms with Gasteiger partial charge in [-0.1, -0.05) is 0 Å². The van der Waals surface area contributed by atoms with Gasteiger partial charge in [-0.05, 0) is 36.3 Å². The van der Waals surface area contributed by atoms with Crippen molar-refractivity contribution in [3.05, 3.63) is 29.8 Å². The second kappa shape index (κ2) is 5.10. The highest BCUT2D eigenvalue weighted by Crippen LogP contribution is 2.17. The molecular weight excluding hydrogens is 230 g/mol. The summed E-state index contributed by atoms with van der Waals surface area (Å²) in [6.45, 7) is 0.992. The summed E-state index contributed by atoms with van der Waals surface area (Å²) in [5.41, 5.74) is 13.3. The van der Waals surface area contributed by atoms with Crippen LogP contribution in [0.4, 0.5) is 11.4 Å². The van der Waals surface area contributed by atoms with Crippen molar-refractivity contribution in [3.8, 4) is 0 Å². The van der Waals surface area contributed by atoms with Crippen LogP contribution >= 0.6 is 0 Å². The third-order valence-electron chi connectivity index (χ3n) is 2.99. The van der Waals surface area contributed by atoms with E-state index < -0.39 is 6.10 Å². The molecule has 5 heteroatoms. The molecule has 96 valence electrons. The van der Waals surface area contributed by atoms with Gasteiger partial charge >= 0.3 is 0 Å². The molecule has 1 aromatic carbocycles. The molecule has 0 spiro atoms. The van der Waals surface area contributed by atoms with Gasteiger partial charge in [0.1, 0.15) is 0 Å². The Morgan fingerprint density at radius 3 is 2.89 bits per heavy atom. The summed E-state index contributed by atoms with van der Waals surface area (Å²) in [6.07, 6.45) is 3.35. The molecule has 2 rings (SSSR count). The summed E-state index contributed by atoms with van der Waals surface area (Å²) in [5, 5.41) is 9.36. The Kier molecular flexibility index (Phi) is 3.53. The third kappa shape index (κ3) is 2.81. The van der Waals surface area contributed by atoms with Gasteiger partial charge in [0.25, 0.3) is 0 Å². The molecule has 1 amide bonds. The van der Waals surface area contributed by atoms with E-state index in [0.717, 1.165) is 5.56 Å². The average Bonchev–Trinajstić information content (AvgIpc) is 2.77. The number of hydrogen-bond donors (Lipinski definition) is 3. The van der Waals surface area contributed by atoms with Gasteiger partial charge in [0.2, 0.25) is 5.91 Å². The van der Waals surface area contributed by atoms with E-state index in [0.29, 0.717) is 30.9 Å². The van der Waals surface area contributed by atoms with Crippen LogP contribution in [0.15, 0.2) is 24.3 Å².